The molecule has 0 unspecified atom stereocenters. The number of halogens is 2. The van der Waals surface area contributed by atoms with Crippen molar-refractivity contribution in [2.24, 2.45) is 0 Å². The molecule has 0 bridgehead atoms. The lowest BCUT2D eigenvalue weighted by atomic mass is 10.4. The second kappa shape index (κ2) is 4.93. The van der Waals surface area contributed by atoms with Crippen LogP contribution in [0.2, 0.25) is 0 Å². The highest BCUT2D eigenvalue weighted by Crippen LogP contribution is 2.26. The zero-order valence-corrected chi connectivity index (χ0v) is 10.6. The SMILES string of the molecule is CCN(OC)c1ncc(Br)cc1Br. The van der Waals surface area contributed by atoms with Gasteiger partial charge in [-0.1, -0.05) is 0 Å². The molecule has 13 heavy (non-hydrogen) atoms. The fraction of sp³-hybridized carbons (Fsp3) is 0.375. The Balaban J connectivity index is 2.99. The summed E-state index contributed by atoms with van der Waals surface area (Å²) in [5.41, 5.74) is 0. The molecule has 0 saturated heterocycles. The summed E-state index contributed by atoms with van der Waals surface area (Å²) >= 11 is 6.75. The Kier molecular flexibility index (Phi) is 4.15. The summed E-state index contributed by atoms with van der Waals surface area (Å²) in [6.07, 6.45) is 1.74. The number of aromatic nitrogens is 1. The Morgan fingerprint density at radius 2 is 2.23 bits per heavy atom. The Morgan fingerprint density at radius 3 is 2.69 bits per heavy atom. The second-order valence-electron chi connectivity index (χ2n) is 2.34. The molecule has 1 heterocycles. The summed E-state index contributed by atoms with van der Waals surface area (Å²) in [5.74, 6) is 0.785. The Hall–Kier alpha value is -0.130. The van der Waals surface area contributed by atoms with E-state index in [1.807, 2.05) is 13.0 Å². The standard InChI is InChI=1S/C8H10Br2N2O/c1-3-12(13-2)8-7(10)4-6(9)5-11-8/h4-5H,3H2,1-2H3. The van der Waals surface area contributed by atoms with Crippen LogP contribution in [-0.4, -0.2) is 18.6 Å². The van der Waals surface area contributed by atoms with Crippen molar-refractivity contribution in [1.29, 1.82) is 0 Å². The van der Waals surface area contributed by atoms with Gasteiger partial charge in [0.05, 0.1) is 11.6 Å². The van der Waals surface area contributed by atoms with Crippen molar-refractivity contribution in [3.05, 3.63) is 21.2 Å². The molecule has 0 radical (unpaired) electrons. The summed E-state index contributed by atoms with van der Waals surface area (Å²) in [6, 6.07) is 1.93. The minimum absolute atomic E-state index is 0.754. The van der Waals surface area contributed by atoms with E-state index in [4.69, 9.17) is 4.84 Å². The van der Waals surface area contributed by atoms with Crippen molar-refractivity contribution in [2.45, 2.75) is 6.92 Å². The third kappa shape index (κ3) is 2.65. The molecule has 0 aliphatic rings. The maximum atomic E-state index is 5.13. The summed E-state index contributed by atoms with van der Waals surface area (Å²) in [5, 5.41) is 1.70. The van der Waals surface area contributed by atoms with E-state index in [1.54, 1.807) is 18.4 Å². The smallest absolute Gasteiger partial charge is 0.166 e. The van der Waals surface area contributed by atoms with Crippen molar-refractivity contribution in [2.75, 3.05) is 18.7 Å². The van der Waals surface area contributed by atoms with Crippen molar-refractivity contribution >= 4 is 37.7 Å². The minimum atomic E-state index is 0.754. The van der Waals surface area contributed by atoms with Crippen LogP contribution in [0.4, 0.5) is 5.82 Å². The molecule has 3 nitrogen and oxygen atoms in total. The fourth-order valence-corrected chi connectivity index (χ4v) is 2.14. The molecule has 0 amide bonds. The van der Waals surface area contributed by atoms with Crippen LogP contribution >= 0.6 is 31.9 Å². The van der Waals surface area contributed by atoms with E-state index in [-0.39, 0.29) is 0 Å². The number of hydroxylamine groups is 1. The van der Waals surface area contributed by atoms with E-state index < -0.39 is 0 Å². The highest BCUT2D eigenvalue weighted by atomic mass is 79.9. The van der Waals surface area contributed by atoms with Gasteiger partial charge in [0.1, 0.15) is 0 Å². The van der Waals surface area contributed by atoms with Gasteiger partial charge in [0.15, 0.2) is 5.82 Å². The van der Waals surface area contributed by atoms with Gasteiger partial charge in [-0.25, -0.2) is 10.0 Å². The molecule has 5 heteroatoms. The topological polar surface area (TPSA) is 25.4 Å². The van der Waals surface area contributed by atoms with Gasteiger partial charge in [0.25, 0.3) is 0 Å². The predicted molar refractivity (Wildman–Crippen MR) is 59.7 cm³/mol. The normalized spacial score (nSPS) is 10.2. The molecule has 1 aromatic rings. The molecular formula is C8H10Br2N2O. The van der Waals surface area contributed by atoms with Crippen LogP contribution in [0, 0.1) is 0 Å². The van der Waals surface area contributed by atoms with E-state index in [1.165, 1.54) is 0 Å². The average molecular weight is 310 g/mol. The first-order valence-electron chi connectivity index (χ1n) is 3.81. The number of rotatable bonds is 3. The van der Waals surface area contributed by atoms with E-state index in [0.29, 0.717) is 0 Å². The van der Waals surface area contributed by atoms with Crippen molar-refractivity contribution < 1.29 is 4.84 Å². The number of nitrogens with zero attached hydrogens (tertiary/aromatic N) is 2. The molecule has 1 rings (SSSR count). The van der Waals surface area contributed by atoms with E-state index in [0.717, 1.165) is 21.3 Å². The minimum Gasteiger partial charge on any atom is -0.275 e. The Bertz CT molecular complexity index is 289. The highest BCUT2D eigenvalue weighted by molar-refractivity contribution is 9.11. The number of pyridine rings is 1. The molecule has 0 fully saturated rings. The van der Waals surface area contributed by atoms with Gasteiger partial charge in [0.2, 0.25) is 0 Å². The third-order valence-electron chi connectivity index (χ3n) is 1.53. The van der Waals surface area contributed by atoms with E-state index in [2.05, 4.69) is 36.8 Å². The molecule has 0 aliphatic carbocycles. The number of hydrogen-bond donors (Lipinski definition) is 0. The molecule has 1 aromatic heterocycles. The summed E-state index contributed by atoms with van der Waals surface area (Å²) in [4.78, 5) is 9.36. The molecule has 0 aromatic carbocycles. The van der Waals surface area contributed by atoms with Crippen LogP contribution in [0.1, 0.15) is 6.92 Å². The second-order valence-corrected chi connectivity index (χ2v) is 4.11. The maximum absolute atomic E-state index is 5.13. The first-order chi connectivity index (χ1) is 6.19. The van der Waals surface area contributed by atoms with Gasteiger partial charge >= 0.3 is 0 Å². The number of hydrogen-bond acceptors (Lipinski definition) is 3. The molecule has 0 spiro atoms. The molecular weight excluding hydrogens is 300 g/mol. The third-order valence-corrected chi connectivity index (χ3v) is 2.55. The Morgan fingerprint density at radius 1 is 1.54 bits per heavy atom. The van der Waals surface area contributed by atoms with Gasteiger partial charge < -0.3 is 0 Å². The van der Waals surface area contributed by atoms with Gasteiger partial charge in [0, 0.05) is 17.2 Å². The van der Waals surface area contributed by atoms with E-state index >= 15 is 0 Å². The lowest BCUT2D eigenvalue weighted by molar-refractivity contribution is 0.168. The Labute approximate surface area is 94.3 Å². The molecule has 0 aliphatic heterocycles. The quantitative estimate of drug-likeness (QED) is 0.803. The first kappa shape index (κ1) is 10.9. The van der Waals surface area contributed by atoms with Crippen LogP contribution in [0.15, 0.2) is 21.2 Å². The number of anilines is 1. The van der Waals surface area contributed by atoms with E-state index in [9.17, 15) is 0 Å². The van der Waals surface area contributed by atoms with Crippen molar-refractivity contribution in [1.82, 2.24) is 4.98 Å². The lowest BCUT2D eigenvalue weighted by Crippen LogP contribution is -2.22. The monoisotopic (exact) mass is 308 g/mol. The molecule has 0 N–H and O–H groups in total. The van der Waals surface area contributed by atoms with Crippen LogP contribution < -0.4 is 5.06 Å². The zero-order chi connectivity index (χ0) is 9.84. The van der Waals surface area contributed by atoms with Crippen molar-refractivity contribution in [3.8, 4) is 0 Å². The molecule has 0 atom stereocenters. The fourth-order valence-electron chi connectivity index (χ4n) is 0.956. The van der Waals surface area contributed by atoms with Crippen molar-refractivity contribution in [3.63, 3.8) is 0 Å². The van der Waals surface area contributed by atoms with Crippen LogP contribution in [0.3, 0.4) is 0 Å². The van der Waals surface area contributed by atoms with Gasteiger partial charge in [-0.3, -0.25) is 4.84 Å². The summed E-state index contributed by atoms with van der Waals surface area (Å²) in [7, 11) is 1.62. The van der Waals surface area contributed by atoms with Gasteiger partial charge in [-0.15, -0.1) is 0 Å². The average Bonchev–Trinajstić information content (AvgIpc) is 2.10. The highest BCUT2D eigenvalue weighted by Gasteiger charge is 2.09. The first-order valence-corrected chi connectivity index (χ1v) is 5.40. The summed E-state index contributed by atoms with van der Waals surface area (Å²) in [6.45, 7) is 2.75. The van der Waals surface area contributed by atoms with Crippen LogP contribution in [0.25, 0.3) is 0 Å². The molecule has 72 valence electrons. The van der Waals surface area contributed by atoms with Crippen LogP contribution in [0.5, 0.6) is 0 Å². The largest absolute Gasteiger partial charge is 0.275 e. The maximum Gasteiger partial charge on any atom is 0.166 e. The molecule has 0 saturated carbocycles. The lowest BCUT2D eigenvalue weighted by Gasteiger charge is -2.19. The van der Waals surface area contributed by atoms with Gasteiger partial charge in [-0.05, 0) is 44.8 Å². The van der Waals surface area contributed by atoms with Crippen LogP contribution in [-0.2, 0) is 4.84 Å². The van der Waals surface area contributed by atoms with Gasteiger partial charge in [-0.2, -0.15) is 0 Å². The summed E-state index contributed by atoms with van der Waals surface area (Å²) < 4.78 is 1.85. The zero-order valence-electron chi connectivity index (χ0n) is 7.42. The predicted octanol–water partition coefficient (Wildman–Crippen LogP) is 2.99.